The molecule has 1 aromatic heterocycles. The molecule has 0 radical (unpaired) electrons. The molecule has 1 aliphatic rings. The minimum Gasteiger partial charge on any atom is -0.493 e. The van der Waals surface area contributed by atoms with Crippen LogP contribution in [-0.2, 0) is 0 Å². The predicted octanol–water partition coefficient (Wildman–Crippen LogP) is 2.13. The molecule has 122 valence electrons. The van der Waals surface area contributed by atoms with E-state index in [9.17, 15) is 4.79 Å². The number of aromatic nitrogens is 1. The second kappa shape index (κ2) is 6.29. The van der Waals surface area contributed by atoms with E-state index in [-0.39, 0.29) is 11.9 Å². The van der Waals surface area contributed by atoms with Crippen molar-refractivity contribution in [1.82, 2.24) is 10.1 Å². The highest BCUT2D eigenvalue weighted by atomic mass is 16.5. The van der Waals surface area contributed by atoms with Crippen molar-refractivity contribution in [2.45, 2.75) is 12.5 Å². The van der Waals surface area contributed by atoms with E-state index in [2.05, 4.69) is 17.1 Å². The average molecular weight is 318 g/mol. The first kappa shape index (κ1) is 15.4. The third kappa shape index (κ3) is 3.29. The number of likely N-dealkylation sites (N-methyl/N-ethyl adjacent to an activating group) is 1. The van der Waals surface area contributed by atoms with Crippen LogP contribution in [-0.4, -0.2) is 54.5 Å². The van der Waals surface area contributed by atoms with Gasteiger partial charge in [-0.05, 0) is 31.7 Å². The minimum absolute atomic E-state index is 0.107. The number of carbonyl (C=O) groups is 1. The van der Waals surface area contributed by atoms with Gasteiger partial charge in [0.2, 0.25) is 5.76 Å². The Morgan fingerprint density at radius 3 is 2.83 bits per heavy atom. The molecule has 0 amide bonds. The van der Waals surface area contributed by atoms with Gasteiger partial charge in [-0.25, -0.2) is 4.79 Å². The summed E-state index contributed by atoms with van der Waals surface area (Å²) in [6.45, 7) is 1.86. The molecule has 0 bridgehead atoms. The van der Waals surface area contributed by atoms with Gasteiger partial charge >= 0.3 is 5.97 Å². The number of nitrogens with zero attached hydrogens (tertiary/aromatic N) is 2. The summed E-state index contributed by atoms with van der Waals surface area (Å²) in [5.74, 6) is -0.103. The Hall–Kier alpha value is -2.54. The van der Waals surface area contributed by atoms with Gasteiger partial charge in [-0.15, -0.1) is 0 Å². The summed E-state index contributed by atoms with van der Waals surface area (Å²) < 4.78 is 16.2. The lowest BCUT2D eigenvalue weighted by molar-refractivity contribution is 0.0652. The van der Waals surface area contributed by atoms with Gasteiger partial charge in [-0.1, -0.05) is 5.16 Å². The zero-order chi connectivity index (χ0) is 16.4. The van der Waals surface area contributed by atoms with Crippen molar-refractivity contribution in [3.8, 4) is 22.8 Å². The summed E-state index contributed by atoms with van der Waals surface area (Å²) in [7, 11) is 3.64. The van der Waals surface area contributed by atoms with E-state index in [0.717, 1.165) is 19.5 Å². The molecular weight excluding hydrogens is 300 g/mol. The second-order valence-corrected chi connectivity index (χ2v) is 5.54. The van der Waals surface area contributed by atoms with E-state index in [4.69, 9.17) is 19.1 Å². The minimum atomic E-state index is -1.15. The fraction of sp³-hybridized carbons (Fsp3) is 0.375. The molecule has 7 nitrogen and oxygen atoms in total. The number of hydrogen-bond donors (Lipinski definition) is 1. The fourth-order valence-electron chi connectivity index (χ4n) is 2.61. The molecule has 23 heavy (non-hydrogen) atoms. The highest BCUT2D eigenvalue weighted by Gasteiger charge is 2.23. The van der Waals surface area contributed by atoms with Crippen LogP contribution in [0.1, 0.15) is 17.0 Å². The number of carboxylic acid groups (broad SMARTS) is 1. The molecule has 0 saturated carbocycles. The predicted molar refractivity (Wildman–Crippen MR) is 82.0 cm³/mol. The van der Waals surface area contributed by atoms with Crippen LogP contribution in [0.3, 0.4) is 0 Å². The van der Waals surface area contributed by atoms with Gasteiger partial charge in [-0.2, -0.15) is 0 Å². The Kier molecular flexibility index (Phi) is 4.20. The average Bonchev–Trinajstić information content (AvgIpc) is 3.16. The van der Waals surface area contributed by atoms with Crippen LogP contribution in [0.5, 0.6) is 11.5 Å². The van der Waals surface area contributed by atoms with Gasteiger partial charge < -0.3 is 24.0 Å². The monoisotopic (exact) mass is 318 g/mol. The normalized spacial score (nSPS) is 18.1. The fourth-order valence-corrected chi connectivity index (χ4v) is 2.61. The Morgan fingerprint density at radius 1 is 1.39 bits per heavy atom. The summed E-state index contributed by atoms with van der Waals surface area (Å²) in [5, 5.41) is 12.7. The summed E-state index contributed by atoms with van der Waals surface area (Å²) in [5.41, 5.74) is 1.15. The van der Waals surface area contributed by atoms with Crippen LogP contribution in [0.2, 0.25) is 0 Å². The number of aromatic carboxylic acids is 1. The molecule has 1 aliphatic heterocycles. The Balaban J connectivity index is 1.87. The first-order valence-corrected chi connectivity index (χ1v) is 7.30. The summed E-state index contributed by atoms with van der Waals surface area (Å²) in [6, 6.07) is 6.74. The van der Waals surface area contributed by atoms with E-state index in [0.29, 0.717) is 22.8 Å². The lowest BCUT2D eigenvalue weighted by Crippen LogP contribution is -2.21. The SMILES string of the molecule is COc1ccc(-c2cc(C(=O)O)on2)cc1OC1CCN(C)C1. The van der Waals surface area contributed by atoms with Gasteiger partial charge in [0, 0.05) is 24.7 Å². The maximum absolute atomic E-state index is 10.9. The molecular formula is C16H18N2O5. The molecule has 0 aliphatic carbocycles. The first-order chi connectivity index (χ1) is 11.1. The summed E-state index contributed by atoms with van der Waals surface area (Å²) in [4.78, 5) is 13.1. The topological polar surface area (TPSA) is 85.0 Å². The first-order valence-electron chi connectivity index (χ1n) is 7.30. The van der Waals surface area contributed by atoms with Gasteiger partial charge in [0.1, 0.15) is 11.8 Å². The number of benzene rings is 1. The van der Waals surface area contributed by atoms with Crippen molar-refractivity contribution in [3.63, 3.8) is 0 Å². The Morgan fingerprint density at radius 2 is 2.22 bits per heavy atom. The lowest BCUT2D eigenvalue weighted by Gasteiger charge is -2.16. The van der Waals surface area contributed by atoms with Gasteiger partial charge in [0.15, 0.2) is 11.5 Å². The van der Waals surface area contributed by atoms with Gasteiger partial charge in [-0.3, -0.25) is 0 Å². The van der Waals surface area contributed by atoms with Crippen molar-refractivity contribution in [2.24, 2.45) is 0 Å². The number of methoxy groups -OCH3 is 1. The molecule has 1 aromatic carbocycles. The highest BCUT2D eigenvalue weighted by molar-refractivity contribution is 5.85. The molecule has 1 unspecified atom stereocenters. The zero-order valence-electron chi connectivity index (χ0n) is 13.0. The summed E-state index contributed by atoms with van der Waals surface area (Å²) >= 11 is 0. The van der Waals surface area contributed by atoms with Crippen LogP contribution >= 0.6 is 0 Å². The van der Waals surface area contributed by atoms with E-state index in [1.54, 1.807) is 25.3 Å². The maximum atomic E-state index is 10.9. The zero-order valence-corrected chi connectivity index (χ0v) is 13.0. The maximum Gasteiger partial charge on any atom is 0.374 e. The van der Waals surface area contributed by atoms with E-state index in [1.165, 1.54) is 6.07 Å². The smallest absolute Gasteiger partial charge is 0.374 e. The van der Waals surface area contributed by atoms with Crippen molar-refractivity contribution >= 4 is 5.97 Å². The van der Waals surface area contributed by atoms with E-state index in [1.807, 2.05) is 0 Å². The lowest BCUT2D eigenvalue weighted by atomic mass is 10.1. The second-order valence-electron chi connectivity index (χ2n) is 5.54. The molecule has 1 saturated heterocycles. The molecule has 3 rings (SSSR count). The molecule has 2 aromatic rings. The van der Waals surface area contributed by atoms with E-state index < -0.39 is 5.97 Å². The van der Waals surface area contributed by atoms with Crippen LogP contribution in [0.15, 0.2) is 28.8 Å². The number of rotatable bonds is 5. The third-order valence-electron chi connectivity index (χ3n) is 3.82. The van der Waals surface area contributed by atoms with E-state index >= 15 is 0 Å². The molecule has 1 N–H and O–H groups in total. The van der Waals surface area contributed by atoms with Crippen LogP contribution < -0.4 is 9.47 Å². The van der Waals surface area contributed by atoms with Crippen LogP contribution in [0.25, 0.3) is 11.3 Å². The molecule has 1 atom stereocenters. The Bertz CT molecular complexity index is 712. The quantitative estimate of drug-likeness (QED) is 0.904. The number of carboxylic acids is 1. The van der Waals surface area contributed by atoms with Crippen LogP contribution in [0, 0.1) is 0 Å². The third-order valence-corrected chi connectivity index (χ3v) is 3.82. The summed E-state index contributed by atoms with van der Waals surface area (Å²) in [6.07, 6.45) is 1.06. The standard InChI is InChI=1S/C16H18N2O5/c1-18-6-5-11(9-18)22-14-7-10(3-4-13(14)21-2)12-8-15(16(19)20)23-17-12/h3-4,7-8,11H,5-6,9H2,1-2H3,(H,19,20). The highest BCUT2D eigenvalue weighted by Crippen LogP contribution is 2.34. The molecule has 2 heterocycles. The van der Waals surface area contributed by atoms with Gasteiger partial charge in [0.05, 0.1) is 7.11 Å². The molecule has 7 heteroatoms. The van der Waals surface area contributed by atoms with Gasteiger partial charge in [0.25, 0.3) is 0 Å². The number of likely N-dealkylation sites (tertiary alicyclic amines) is 1. The van der Waals surface area contributed by atoms with Crippen molar-refractivity contribution in [2.75, 3.05) is 27.2 Å². The molecule has 1 fully saturated rings. The van der Waals surface area contributed by atoms with Crippen molar-refractivity contribution in [1.29, 1.82) is 0 Å². The Labute approximate surface area is 133 Å². The molecule has 0 spiro atoms. The van der Waals surface area contributed by atoms with Crippen LogP contribution in [0.4, 0.5) is 0 Å². The number of ether oxygens (including phenoxy) is 2. The van der Waals surface area contributed by atoms with Crippen molar-refractivity contribution < 1.29 is 23.9 Å². The number of hydrogen-bond acceptors (Lipinski definition) is 6. The van der Waals surface area contributed by atoms with Crippen molar-refractivity contribution in [3.05, 3.63) is 30.0 Å². The largest absolute Gasteiger partial charge is 0.493 e.